The van der Waals surface area contributed by atoms with E-state index in [4.69, 9.17) is 16.3 Å². The maximum Gasteiger partial charge on any atom is 0.341 e. The minimum atomic E-state index is -1.21. The Balaban J connectivity index is 1.48. The van der Waals surface area contributed by atoms with E-state index in [-0.39, 0.29) is 17.1 Å². The highest BCUT2D eigenvalue weighted by Gasteiger charge is 2.57. The number of fused-ring (bicyclic) bond motifs is 7. The van der Waals surface area contributed by atoms with Crippen molar-refractivity contribution in [1.82, 2.24) is 4.68 Å². The molecule has 6 rings (SSSR count). The van der Waals surface area contributed by atoms with Gasteiger partial charge in [-0.3, -0.25) is 14.5 Å². The van der Waals surface area contributed by atoms with Crippen LogP contribution < -0.4 is 15.2 Å². The van der Waals surface area contributed by atoms with Crippen LogP contribution in [0.1, 0.15) is 53.2 Å². The van der Waals surface area contributed by atoms with E-state index in [1.54, 1.807) is 0 Å². The molecule has 32 heavy (non-hydrogen) atoms. The smallest absolute Gasteiger partial charge is 0.341 e. The molecule has 162 valence electrons. The zero-order valence-corrected chi connectivity index (χ0v) is 18.0. The Morgan fingerprint density at radius 2 is 1.94 bits per heavy atom. The number of rotatable bonds is 4. The summed E-state index contributed by atoms with van der Waals surface area (Å²) in [7, 11) is 0. The number of carboxylic acid groups (broad SMARTS) is 1. The van der Waals surface area contributed by atoms with Gasteiger partial charge >= 0.3 is 5.97 Å². The number of carboxylic acids is 1. The van der Waals surface area contributed by atoms with Gasteiger partial charge in [0.05, 0.1) is 22.3 Å². The van der Waals surface area contributed by atoms with E-state index in [0.717, 1.165) is 42.4 Å². The summed E-state index contributed by atoms with van der Waals surface area (Å²) in [6.45, 7) is 0.412. The van der Waals surface area contributed by atoms with Crippen molar-refractivity contribution in [1.29, 1.82) is 0 Å². The zero-order valence-electron chi connectivity index (χ0n) is 17.3. The lowest BCUT2D eigenvalue weighted by molar-refractivity contribution is 0.0694. The standard InChI is InChI=1S/C25H21ClN2O4/c26-19-10-16-17(11-23(19)32-14-15-4-2-1-3-5-15)20-6-7-25(8-9-25)28(20)27-13-18(24(30)31)22(29)12-21(16)27/h1-5,10-13,20H,6-9,14H2,(H,30,31)/t20-/m1/s1. The van der Waals surface area contributed by atoms with E-state index in [1.165, 1.54) is 12.3 Å². The molecular formula is C25H21ClN2O4. The predicted molar refractivity (Wildman–Crippen MR) is 121 cm³/mol. The van der Waals surface area contributed by atoms with Crippen molar-refractivity contribution in [2.24, 2.45) is 0 Å². The summed E-state index contributed by atoms with van der Waals surface area (Å²) in [4.78, 5) is 24.2. The summed E-state index contributed by atoms with van der Waals surface area (Å²) in [6, 6.07) is 15.3. The lowest BCUT2D eigenvalue weighted by Crippen LogP contribution is -2.46. The molecule has 1 atom stereocenters. The Morgan fingerprint density at radius 1 is 1.16 bits per heavy atom. The van der Waals surface area contributed by atoms with Crippen molar-refractivity contribution >= 4 is 17.6 Å². The molecule has 0 amide bonds. The molecule has 1 spiro atoms. The Hall–Kier alpha value is -3.25. The molecular weight excluding hydrogens is 428 g/mol. The second-order valence-electron chi connectivity index (χ2n) is 8.85. The van der Waals surface area contributed by atoms with Crippen molar-refractivity contribution in [3.63, 3.8) is 0 Å². The van der Waals surface area contributed by atoms with Gasteiger partial charge < -0.3 is 9.84 Å². The van der Waals surface area contributed by atoms with Crippen LogP contribution in [0.5, 0.6) is 5.75 Å². The molecule has 1 saturated carbocycles. The monoisotopic (exact) mass is 448 g/mol. The Bertz CT molecular complexity index is 1310. The summed E-state index contributed by atoms with van der Waals surface area (Å²) < 4.78 is 7.96. The Labute approximate surface area is 189 Å². The van der Waals surface area contributed by atoms with Gasteiger partial charge in [0.2, 0.25) is 0 Å². The fraction of sp³-hybridized carbons (Fsp3) is 0.280. The van der Waals surface area contributed by atoms with Gasteiger partial charge in [0, 0.05) is 17.8 Å². The summed E-state index contributed by atoms with van der Waals surface area (Å²) in [5, 5.41) is 12.3. The van der Waals surface area contributed by atoms with Crippen LogP contribution >= 0.6 is 11.6 Å². The molecule has 3 aliphatic rings. The number of carbonyl (C=O) groups is 1. The van der Waals surface area contributed by atoms with Crippen molar-refractivity contribution in [3.8, 4) is 17.0 Å². The van der Waals surface area contributed by atoms with Crippen LogP contribution in [-0.4, -0.2) is 21.3 Å². The van der Waals surface area contributed by atoms with Crippen LogP contribution in [0.15, 0.2) is 59.5 Å². The van der Waals surface area contributed by atoms with Gasteiger partial charge in [-0.15, -0.1) is 0 Å². The first-order chi connectivity index (χ1) is 15.5. The van der Waals surface area contributed by atoms with Gasteiger partial charge in [0.25, 0.3) is 0 Å². The number of hydrogen-bond donors (Lipinski definition) is 1. The molecule has 2 aliphatic heterocycles. The van der Waals surface area contributed by atoms with Gasteiger partial charge in [-0.05, 0) is 48.9 Å². The van der Waals surface area contributed by atoms with E-state index >= 15 is 0 Å². The SMILES string of the molecule is O=C(O)c1cn2c(cc1=O)-c1cc(Cl)c(OCc3ccccc3)cc1[C@H]1CCC3(CC3)N12. The average Bonchev–Trinajstić information content (AvgIpc) is 3.46. The molecule has 2 aromatic carbocycles. The van der Waals surface area contributed by atoms with Gasteiger partial charge in [0.1, 0.15) is 17.9 Å². The van der Waals surface area contributed by atoms with Crippen LogP contribution in [0.4, 0.5) is 0 Å². The van der Waals surface area contributed by atoms with Crippen LogP contribution in [0.2, 0.25) is 5.02 Å². The van der Waals surface area contributed by atoms with Gasteiger partial charge in [-0.2, -0.15) is 0 Å². The number of hydrogen-bond acceptors (Lipinski definition) is 4. The minimum absolute atomic E-state index is 0.0344. The molecule has 3 aromatic rings. The highest BCUT2D eigenvalue weighted by Crippen LogP contribution is 2.58. The average molecular weight is 449 g/mol. The van der Waals surface area contributed by atoms with E-state index in [0.29, 0.717) is 23.1 Å². The number of aromatic nitrogens is 1. The number of nitrogens with zero attached hydrogens (tertiary/aromatic N) is 2. The Kier molecular flexibility index (Phi) is 4.17. The molecule has 1 saturated heterocycles. The summed E-state index contributed by atoms with van der Waals surface area (Å²) in [5.41, 5.74) is 2.98. The largest absolute Gasteiger partial charge is 0.487 e. The summed E-state index contributed by atoms with van der Waals surface area (Å²) in [5.74, 6) is -0.594. The third-order valence-electron chi connectivity index (χ3n) is 6.96. The van der Waals surface area contributed by atoms with Crippen LogP contribution in [0, 0.1) is 0 Å². The predicted octanol–water partition coefficient (Wildman–Crippen LogP) is 4.77. The van der Waals surface area contributed by atoms with E-state index < -0.39 is 11.4 Å². The molecule has 0 radical (unpaired) electrons. The van der Waals surface area contributed by atoms with Gasteiger partial charge in [0.15, 0.2) is 5.43 Å². The fourth-order valence-corrected chi connectivity index (χ4v) is 5.46. The number of pyridine rings is 1. The lowest BCUT2D eigenvalue weighted by Gasteiger charge is -2.41. The van der Waals surface area contributed by atoms with Crippen molar-refractivity contribution in [2.45, 2.75) is 43.9 Å². The van der Waals surface area contributed by atoms with E-state index in [9.17, 15) is 14.7 Å². The highest BCUT2D eigenvalue weighted by atomic mass is 35.5. The van der Waals surface area contributed by atoms with Crippen LogP contribution in [0.3, 0.4) is 0 Å². The topological polar surface area (TPSA) is 71.8 Å². The summed E-state index contributed by atoms with van der Waals surface area (Å²) >= 11 is 6.61. The highest BCUT2D eigenvalue weighted by molar-refractivity contribution is 6.32. The zero-order chi connectivity index (χ0) is 22.0. The Morgan fingerprint density at radius 3 is 2.66 bits per heavy atom. The van der Waals surface area contributed by atoms with Crippen molar-refractivity contribution < 1.29 is 14.6 Å². The molecule has 0 bridgehead atoms. The lowest BCUT2D eigenvalue weighted by atomic mass is 9.94. The normalized spacial score (nSPS) is 19.3. The fourth-order valence-electron chi connectivity index (χ4n) is 5.24. The van der Waals surface area contributed by atoms with Gasteiger partial charge in [-0.1, -0.05) is 41.9 Å². The maximum atomic E-state index is 12.6. The third-order valence-corrected chi connectivity index (χ3v) is 7.26. The third kappa shape index (κ3) is 2.86. The van der Waals surface area contributed by atoms with Crippen LogP contribution in [0.25, 0.3) is 11.3 Å². The molecule has 2 fully saturated rings. The first-order valence-electron chi connectivity index (χ1n) is 10.8. The van der Waals surface area contributed by atoms with Crippen LogP contribution in [-0.2, 0) is 6.61 Å². The number of benzene rings is 2. The molecule has 6 nitrogen and oxygen atoms in total. The molecule has 1 aromatic heterocycles. The number of ether oxygens (including phenoxy) is 1. The molecule has 3 heterocycles. The molecule has 7 heteroatoms. The maximum absolute atomic E-state index is 12.6. The first kappa shape index (κ1) is 19.4. The minimum Gasteiger partial charge on any atom is -0.487 e. The molecule has 1 N–H and O–H groups in total. The van der Waals surface area contributed by atoms with E-state index in [2.05, 4.69) is 5.01 Å². The van der Waals surface area contributed by atoms with Gasteiger partial charge in [-0.25, -0.2) is 4.79 Å². The van der Waals surface area contributed by atoms with E-state index in [1.807, 2.05) is 47.1 Å². The van der Waals surface area contributed by atoms with Crippen molar-refractivity contribution in [2.75, 3.05) is 5.01 Å². The molecule has 1 aliphatic carbocycles. The van der Waals surface area contributed by atoms with Crippen molar-refractivity contribution in [3.05, 3.63) is 86.7 Å². The first-order valence-corrected chi connectivity index (χ1v) is 11.1. The second-order valence-corrected chi connectivity index (χ2v) is 9.26. The second kappa shape index (κ2) is 6.87. The quantitative estimate of drug-likeness (QED) is 0.622. The number of halogens is 1. The number of aromatic carboxylic acids is 1. The molecule has 0 unspecified atom stereocenters. The summed E-state index contributed by atoms with van der Waals surface area (Å²) in [6.07, 6.45) is 5.61.